The number of hydrogen-bond acceptors (Lipinski definition) is 5. The maximum atomic E-state index is 13.1. The summed E-state index contributed by atoms with van der Waals surface area (Å²) >= 11 is 0. The number of amides is 1. The number of carbonyl (C=O) groups excluding carboxylic acids is 2. The molecule has 0 bridgehead atoms. The number of Topliss-reactive ketones (excluding diaryl/α,β-unsaturated/α-hetero) is 1. The number of ether oxygens (including phenoxy) is 1. The van der Waals surface area contributed by atoms with Gasteiger partial charge >= 0.3 is 0 Å². The first-order valence-electron chi connectivity index (χ1n) is 9.97. The summed E-state index contributed by atoms with van der Waals surface area (Å²) < 4.78 is 5.36. The molecule has 2 aromatic rings. The van der Waals surface area contributed by atoms with E-state index in [-0.39, 0.29) is 17.4 Å². The van der Waals surface area contributed by atoms with Gasteiger partial charge in [0, 0.05) is 18.4 Å². The number of aliphatic hydroxyl groups is 1. The number of ketones is 1. The van der Waals surface area contributed by atoms with Crippen molar-refractivity contribution in [2.45, 2.75) is 44.2 Å². The van der Waals surface area contributed by atoms with Gasteiger partial charge in [-0.1, -0.05) is 37.5 Å². The van der Waals surface area contributed by atoms with Gasteiger partial charge in [-0.25, -0.2) is 0 Å². The molecule has 6 heteroatoms. The molecule has 2 aliphatic rings. The SMILES string of the molecule is COc1ccccc1/C(O)=C1/C(=O)C(=O)N(C2CCCCC2)C1c1cccnc1. The van der Waals surface area contributed by atoms with E-state index in [1.807, 2.05) is 6.07 Å². The van der Waals surface area contributed by atoms with E-state index in [1.54, 1.807) is 47.6 Å². The number of aromatic nitrogens is 1. The summed E-state index contributed by atoms with van der Waals surface area (Å²) in [6.45, 7) is 0. The van der Waals surface area contributed by atoms with Gasteiger partial charge in [-0.05, 0) is 36.6 Å². The van der Waals surface area contributed by atoms with Gasteiger partial charge in [-0.2, -0.15) is 0 Å². The molecule has 1 N–H and O–H groups in total. The van der Waals surface area contributed by atoms with Gasteiger partial charge < -0.3 is 14.7 Å². The summed E-state index contributed by atoms with van der Waals surface area (Å²) in [6, 6.07) is 9.88. The normalized spacial score (nSPS) is 22.1. The fourth-order valence-electron chi connectivity index (χ4n) is 4.44. The molecule has 2 heterocycles. The molecule has 6 nitrogen and oxygen atoms in total. The molecular weight excluding hydrogens is 368 g/mol. The van der Waals surface area contributed by atoms with E-state index in [4.69, 9.17) is 4.74 Å². The number of nitrogens with zero attached hydrogens (tertiary/aromatic N) is 2. The molecular formula is C23H24N2O4. The number of pyridine rings is 1. The molecule has 1 aromatic carbocycles. The Morgan fingerprint density at radius 3 is 2.55 bits per heavy atom. The molecule has 1 amide bonds. The second kappa shape index (κ2) is 8.07. The predicted molar refractivity (Wildman–Crippen MR) is 108 cm³/mol. The van der Waals surface area contributed by atoms with Crippen LogP contribution in [-0.2, 0) is 9.59 Å². The van der Waals surface area contributed by atoms with E-state index in [0.29, 0.717) is 16.9 Å². The van der Waals surface area contributed by atoms with Crippen LogP contribution in [0.4, 0.5) is 0 Å². The number of rotatable bonds is 4. The fraction of sp³-hybridized carbons (Fsp3) is 0.348. The molecule has 1 saturated heterocycles. The number of benzene rings is 1. The Hall–Kier alpha value is -3.15. The Morgan fingerprint density at radius 1 is 1.10 bits per heavy atom. The van der Waals surface area contributed by atoms with Crippen LogP contribution >= 0.6 is 0 Å². The minimum absolute atomic E-state index is 0.0200. The number of para-hydroxylation sites is 1. The zero-order chi connectivity index (χ0) is 20.4. The van der Waals surface area contributed by atoms with E-state index in [1.165, 1.54) is 7.11 Å². The Kier molecular flexibility index (Phi) is 5.34. The van der Waals surface area contributed by atoms with Crippen molar-refractivity contribution >= 4 is 17.4 Å². The van der Waals surface area contributed by atoms with Gasteiger partial charge in [0.05, 0.1) is 24.3 Å². The minimum atomic E-state index is -0.659. The lowest BCUT2D eigenvalue weighted by Crippen LogP contribution is -2.40. The molecule has 1 aromatic heterocycles. The van der Waals surface area contributed by atoms with Crippen molar-refractivity contribution in [1.29, 1.82) is 0 Å². The predicted octanol–water partition coefficient (Wildman–Crippen LogP) is 3.84. The number of likely N-dealkylation sites (tertiary alicyclic amines) is 1. The topological polar surface area (TPSA) is 79.7 Å². The van der Waals surface area contributed by atoms with Crippen LogP contribution in [0.2, 0.25) is 0 Å². The minimum Gasteiger partial charge on any atom is -0.507 e. The maximum absolute atomic E-state index is 13.1. The quantitative estimate of drug-likeness (QED) is 0.486. The van der Waals surface area contributed by atoms with Crippen LogP contribution in [0.25, 0.3) is 5.76 Å². The number of methoxy groups -OCH3 is 1. The zero-order valence-electron chi connectivity index (χ0n) is 16.4. The number of hydrogen-bond donors (Lipinski definition) is 1. The third-order valence-electron chi connectivity index (χ3n) is 5.81. The van der Waals surface area contributed by atoms with Crippen molar-refractivity contribution in [2.75, 3.05) is 7.11 Å². The van der Waals surface area contributed by atoms with E-state index in [2.05, 4.69) is 4.98 Å². The van der Waals surface area contributed by atoms with E-state index in [9.17, 15) is 14.7 Å². The number of carbonyl (C=O) groups is 2. The van der Waals surface area contributed by atoms with Crippen molar-refractivity contribution in [3.05, 3.63) is 65.5 Å². The van der Waals surface area contributed by atoms with E-state index < -0.39 is 17.7 Å². The Labute approximate surface area is 169 Å². The molecule has 2 fully saturated rings. The van der Waals surface area contributed by atoms with Gasteiger partial charge in [0.2, 0.25) is 0 Å². The van der Waals surface area contributed by atoms with Crippen LogP contribution in [-0.4, -0.2) is 39.8 Å². The summed E-state index contributed by atoms with van der Waals surface area (Å²) in [4.78, 5) is 32.0. The first-order valence-corrected chi connectivity index (χ1v) is 9.97. The average Bonchev–Trinajstić information content (AvgIpc) is 3.05. The highest BCUT2D eigenvalue weighted by Gasteiger charge is 2.49. The van der Waals surface area contributed by atoms with Crippen LogP contribution in [0.15, 0.2) is 54.4 Å². The van der Waals surface area contributed by atoms with Crippen molar-refractivity contribution in [3.8, 4) is 5.75 Å². The second-order valence-corrected chi connectivity index (χ2v) is 7.48. The van der Waals surface area contributed by atoms with Crippen LogP contribution in [0.5, 0.6) is 5.75 Å². The van der Waals surface area contributed by atoms with Gasteiger partial charge in [-0.15, -0.1) is 0 Å². The molecule has 4 rings (SSSR count). The summed E-state index contributed by atoms with van der Waals surface area (Å²) in [5.41, 5.74) is 1.21. The molecule has 1 unspecified atom stereocenters. The fourth-order valence-corrected chi connectivity index (χ4v) is 4.44. The van der Waals surface area contributed by atoms with Gasteiger partial charge in [0.15, 0.2) is 0 Å². The molecule has 1 aliphatic carbocycles. The molecule has 150 valence electrons. The van der Waals surface area contributed by atoms with Crippen molar-refractivity contribution < 1.29 is 19.4 Å². The van der Waals surface area contributed by atoms with E-state index >= 15 is 0 Å². The van der Waals surface area contributed by atoms with Gasteiger partial charge in [0.1, 0.15) is 11.5 Å². The number of aliphatic hydroxyl groups excluding tert-OH is 1. The molecule has 1 atom stereocenters. The Morgan fingerprint density at radius 2 is 1.86 bits per heavy atom. The van der Waals surface area contributed by atoms with Gasteiger partial charge in [-0.3, -0.25) is 14.6 Å². The van der Waals surface area contributed by atoms with Crippen molar-refractivity contribution in [2.24, 2.45) is 0 Å². The Balaban J connectivity index is 1.89. The van der Waals surface area contributed by atoms with Crippen LogP contribution in [0.3, 0.4) is 0 Å². The summed E-state index contributed by atoms with van der Waals surface area (Å²) in [6.07, 6.45) is 8.22. The smallest absolute Gasteiger partial charge is 0.295 e. The Bertz CT molecular complexity index is 948. The lowest BCUT2D eigenvalue weighted by molar-refractivity contribution is -0.141. The zero-order valence-corrected chi connectivity index (χ0v) is 16.4. The average molecular weight is 392 g/mol. The largest absolute Gasteiger partial charge is 0.507 e. The van der Waals surface area contributed by atoms with Crippen molar-refractivity contribution in [3.63, 3.8) is 0 Å². The van der Waals surface area contributed by atoms with Crippen LogP contribution < -0.4 is 4.74 Å². The molecule has 1 aliphatic heterocycles. The molecule has 1 saturated carbocycles. The molecule has 29 heavy (non-hydrogen) atoms. The second-order valence-electron chi connectivity index (χ2n) is 7.48. The molecule has 0 radical (unpaired) electrons. The monoisotopic (exact) mass is 392 g/mol. The van der Waals surface area contributed by atoms with Crippen LogP contribution in [0, 0.1) is 0 Å². The standard InChI is InChI=1S/C23H24N2O4/c1-29-18-12-6-5-11-17(18)21(26)19-20(15-8-7-13-24-14-15)25(23(28)22(19)27)16-9-3-2-4-10-16/h5-8,11-14,16,20,26H,2-4,9-10H2,1H3/b21-19-. The third kappa shape index (κ3) is 3.39. The highest BCUT2D eigenvalue weighted by molar-refractivity contribution is 6.46. The lowest BCUT2D eigenvalue weighted by atomic mass is 9.91. The lowest BCUT2D eigenvalue weighted by Gasteiger charge is -2.35. The first-order chi connectivity index (χ1) is 14.1. The first kappa shape index (κ1) is 19.2. The van der Waals surface area contributed by atoms with Gasteiger partial charge in [0.25, 0.3) is 11.7 Å². The maximum Gasteiger partial charge on any atom is 0.295 e. The highest BCUT2D eigenvalue weighted by Crippen LogP contribution is 2.43. The third-order valence-corrected chi connectivity index (χ3v) is 5.81. The van der Waals surface area contributed by atoms with Crippen LogP contribution in [0.1, 0.15) is 49.3 Å². The van der Waals surface area contributed by atoms with E-state index in [0.717, 1.165) is 32.1 Å². The molecule has 0 spiro atoms. The highest BCUT2D eigenvalue weighted by atomic mass is 16.5. The summed E-state index contributed by atoms with van der Waals surface area (Å²) in [5, 5.41) is 11.1. The summed E-state index contributed by atoms with van der Waals surface area (Å²) in [7, 11) is 1.51. The summed E-state index contributed by atoms with van der Waals surface area (Å²) in [5.74, 6) is -0.984. The van der Waals surface area contributed by atoms with Crippen molar-refractivity contribution in [1.82, 2.24) is 9.88 Å².